The predicted molar refractivity (Wildman–Crippen MR) is 103 cm³/mol. The Kier molecular flexibility index (Phi) is 8.04. The van der Waals surface area contributed by atoms with Crippen LogP contribution in [-0.4, -0.2) is 51.0 Å². The van der Waals surface area contributed by atoms with Crippen molar-refractivity contribution in [3.05, 3.63) is 29.8 Å². The second kappa shape index (κ2) is 9.14. The number of hydrogen-bond acceptors (Lipinski definition) is 5. The van der Waals surface area contributed by atoms with Crippen LogP contribution in [0.15, 0.2) is 29.2 Å². The summed E-state index contributed by atoms with van der Waals surface area (Å²) in [4.78, 5) is 12.3. The molecule has 0 aliphatic carbocycles. The number of rotatable bonds is 5. The summed E-state index contributed by atoms with van der Waals surface area (Å²) in [6, 6.07) is 5.94. The lowest BCUT2D eigenvalue weighted by Gasteiger charge is -2.26. The second-order valence-corrected chi connectivity index (χ2v) is 9.16. The van der Waals surface area contributed by atoms with Gasteiger partial charge in [-0.25, -0.2) is 8.42 Å². The Morgan fingerprint density at radius 2 is 1.77 bits per heavy atom. The van der Waals surface area contributed by atoms with E-state index in [2.05, 4.69) is 5.32 Å². The van der Waals surface area contributed by atoms with Crippen LogP contribution < -0.4 is 11.1 Å². The van der Waals surface area contributed by atoms with Crippen molar-refractivity contribution in [1.29, 1.82) is 0 Å². The Hall–Kier alpha value is -1.19. The van der Waals surface area contributed by atoms with Crippen LogP contribution in [-0.2, 0) is 26.1 Å². The first-order chi connectivity index (χ1) is 11.6. The van der Waals surface area contributed by atoms with Crippen molar-refractivity contribution < 1.29 is 17.9 Å². The third-order valence-electron chi connectivity index (χ3n) is 4.21. The third kappa shape index (κ3) is 5.65. The molecule has 1 heterocycles. The highest BCUT2D eigenvalue weighted by atomic mass is 35.5. The lowest BCUT2D eigenvalue weighted by molar-refractivity contribution is -0.124. The van der Waals surface area contributed by atoms with Gasteiger partial charge in [-0.3, -0.25) is 4.79 Å². The van der Waals surface area contributed by atoms with Crippen molar-refractivity contribution >= 4 is 28.3 Å². The number of nitrogens with one attached hydrogen (secondary N) is 1. The van der Waals surface area contributed by atoms with Gasteiger partial charge in [0.15, 0.2) is 0 Å². The van der Waals surface area contributed by atoms with E-state index in [1.54, 1.807) is 24.3 Å². The molecule has 1 fully saturated rings. The number of hydrogen-bond donors (Lipinski definition) is 2. The first-order valence-corrected chi connectivity index (χ1v) is 9.76. The van der Waals surface area contributed by atoms with E-state index in [4.69, 9.17) is 10.5 Å². The van der Waals surface area contributed by atoms with Gasteiger partial charge in [-0.05, 0) is 23.1 Å². The molecule has 1 atom stereocenters. The number of ether oxygens (including phenoxy) is 1. The van der Waals surface area contributed by atoms with Crippen LogP contribution in [0.3, 0.4) is 0 Å². The van der Waals surface area contributed by atoms with Gasteiger partial charge in [0, 0.05) is 19.6 Å². The average Bonchev–Trinajstić information content (AvgIpc) is 2.59. The van der Waals surface area contributed by atoms with Gasteiger partial charge in [0.05, 0.1) is 24.2 Å². The van der Waals surface area contributed by atoms with Crippen molar-refractivity contribution in [2.75, 3.05) is 26.3 Å². The molecule has 0 radical (unpaired) electrons. The zero-order valence-electron chi connectivity index (χ0n) is 15.4. The Labute approximate surface area is 161 Å². The highest BCUT2D eigenvalue weighted by Crippen LogP contribution is 2.19. The summed E-state index contributed by atoms with van der Waals surface area (Å²) in [5, 5.41) is 2.79. The number of nitrogens with two attached hydrogens (primary N) is 1. The molecule has 1 amide bonds. The fourth-order valence-corrected chi connectivity index (χ4v) is 3.82. The van der Waals surface area contributed by atoms with E-state index >= 15 is 0 Å². The predicted octanol–water partition coefficient (Wildman–Crippen LogP) is 1.12. The molecule has 3 N–H and O–H groups in total. The van der Waals surface area contributed by atoms with E-state index in [9.17, 15) is 13.2 Å². The number of benzene rings is 1. The second-order valence-electron chi connectivity index (χ2n) is 7.22. The van der Waals surface area contributed by atoms with E-state index < -0.39 is 16.1 Å². The molecule has 148 valence electrons. The highest BCUT2D eigenvalue weighted by Gasteiger charge is 2.28. The molecular weight excluding hydrogens is 378 g/mol. The summed E-state index contributed by atoms with van der Waals surface area (Å²) in [5.74, 6) is -0.225. The molecule has 0 unspecified atom stereocenters. The number of carbonyl (C=O) groups is 1. The monoisotopic (exact) mass is 405 g/mol. The van der Waals surface area contributed by atoms with E-state index in [1.165, 1.54) is 4.31 Å². The smallest absolute Gasteiger partial charge is 0.243 e. The van der Waals surface area contributed by atoms with Gasteiger partial charge < -0.3 is 15.8 Å². The summed E-state index contributed by atoms with van der Waals surface area (Å²) in [5.41, 5.74) is 6.41. The fraction of sp³-hybridized carbons (Fsp3) is 0.588. The Morgan fingerprint density at radius 1 is 1.23 bits per heavy atom. The van der Waals surface area contributed by atoms with Crippen LogP contribution in [0.4, 0.5) is 0 Å². The molecule has 1 saturated heterocycles. The van der Waals surface area contributed by atoms with Gasteiger partial charge in [-0.1, -0.05) is 32.9 Å². The van der Waals surface area contributed by atoms with Crippen molar-refractivity contribution in [3.63, 3.8) is 0 Å². The Morgan fingerprint density at radius 3 is 2.27 bits per heavy atom. The van der Waals surface area contributed by atoms with Gasteiger partial charge in [-0.15, -0.1) is 12.4 Å². The van der Waals surface area contributed by atoms with Gasteiger partial charge in [0.2, 0.25) is 15.9 Å². The molecule has 0 saturated carbocycles. The van der Waals surface area contributed by atoms with Crippen LogP contribution in [0, 0.1) is 5.41 Å². The quantitative estimate of drug-likeness (QED) is 0.764. The molecule has 7 nitrogen and oxygen atoms in total. The molecule has 26 heavy (non-hydrogen) atoms. The van der Waals surface area contributed by atoms with Crippen molar-refractivity contribution in [2.24, 2.45) is 11.1 Å². The first-order valence-electron chi connectivity index (χ1n) is 8.32. The molecule has 9 heteroatoms. The Bertz CT molecular complexity index is 696. The Balaban J connectivity index is 0.00000338. The van der Waals surface area contributed by atoms with Crippen molar-refractivity contribution in [2.45, 2.75) is 38.3 Å². The maximum atomic E-state index is 12.5. The van der Waals surface area contributed by atoms with Gasteiger partial charge >= 0.3 is 0 Å². The molecule has 1 aliphatic rings. The molecule has 0 spiro atoms. The average molecular weight is 406 g/mol. The van der Waals surface area contributed by atoms with Crippen molar-refractivity contribution in [3.8, 4) is 0 Å². The number of sulfonamides is 1. The number of nitrogens with zero attached hydrogens (tertiary/aromatic N) is 1. The van der Waals surface area contributed by atoms with Crippen molar-refractivity contribution in [1.82, 2.24) is 9.62 Å². The van der Waals surface area contributed by atoms with Crippen LogP contribution in [0.5, 0.6) is 0 Å². The van der Waals surface area contributed by atoms with E-state index in [0.717, 1.165) is 5.56 Å². The molecule has 1 aromatic carbocycles. The normalized spacial score (nSPS) is 17.2. The first kappa shape index (κ1) is 22.9. The van der Waals surface area contributed by atoms with E-state index in [1.807, 2.05) is 20.8 Å². The minimum absolute atomic E-state index is 0. The molecule has 1 aromatic rings. The minimum atomic E-state index is -3.50. The van der Waals surface area contributed by atoms with Gasteiger partial charge in [0.25, 0.3) is 0 Å². The van der Waals surface area contributed by atoms with E-state index in [-0.39, 0.29) is 28.6 Å². The number of amides is 1. The molecule has 2 rings (SSSR count). The zero-order chi connectivity index (χ0) is 18.7. The zero-order valence-corrected chi connectivity index (χ0v) is 17.0. The van der Waals surface area contributed by atoms with Gasteiger partial charge in [0.1, 0.15) is 0 Å². The molecular formula is C17H28ClN3O4S. The molecule has 1 aliphatic heterocycles. The number of morpholine rings is 1. The molecule has 0 bridgehead atoms. The van der Waals surface area contributed by atoms with Gasteiger partial charge in [-0.2, -0.15) is 4.31 Å². The summed E-state index contributed by atoms with van der Waals surface area (Å²) < 4.78 is 31.7. The summed E-state index contributed by atoms with van der Waals surface area (Å²) in [7, 11) is -3.50. The summed E-state index contributed by atoms with van der Waals surface area (Å²) >= 11 is 0. The minimum Gasteiger partial charge on any atom is -0.379 e. The summed E-state index contributed by atoms with van der Waals surface area (Å²) in [6.07, 6.45) is 0. The number of carbonyl (C=O) groups excluding carboxylic acids is 1. The highest BCUT2D eigenvalue weighted by molar-refractivity contribution is 7.89. The maximum Gasteiger partial charge on any atom is 0.243 e. The lowest BCUT2D eigenvalue weighted by atomic mass is 9.87. The lowest BCUT2D eigenvalue weighted by Crippen LogP contribution is -2.48. The summed E-state index contributed by atoms with van der Waals surface area (Å²) in [6.45, 7) is 7.58. The standard InChI is InChI=1S/C17H27N3O4S.ClH/c1-17(2,3)15(18)16(21)19-12-13-4-6-14(7-5-13)25(22,23)20-8-10-24-11-9-20;/h4-7,15H,8-12,18H2,1-3H3,(H,19,21);1H/t15-;/m1./s1. The maximum absolute atomic E-state index is 12.5. The molecule has 0 aromatic heterocycles. The fourth-order valence-electron chi connectivity index (χ4n) is 2.41. The van der Waals surface area contributed by atoms with Crippen LogP contribution in [0.1, 0.15) is 26.3 Å². The largest absolute Gasteiger partial charge is 0.379 e. The van der Waals surface area contributed by atoms with E-state index in [0.29, 0.717) is 32.8 Å². The third-order valence-corrected chi connectivity index (χ3v) is 6.13. The number of halogens is 1. The van der Waals surface area contributed by atoms with Crippen LogP contribution in [0.25, 0.3) is 0 Å². The van der Waals surface area contributed by atoms with Crippen LogP contribution >= 0.6 is 12.4 Å². The topological polar surface area (TPSA) is 102 Å². The SMILES string of the molecule is CC(C)(C)[C@H](N)C(=O)NCc1ccc(S(=O)(=O)N2CCOCC2)cc1.Cl. The van der Waals surface area contributed by atoms with Crippen LogP contribution in [0.2, 0.25) is 0 Å².